The van der Waals surface area contributed by atoms with Crippen LogP contribution < -0.4 is 5.32 Å². The van der Waals surface area contributed by atoms with Crippen molar-refractivity contribution >= 4 is 11.9 Å². The number of carbonyl (C=O) groups is 2. The largest absolute Gasteiger partial charge is 0.480 e. The maximum Gasteiger partial charge on any atom is 0.319 e. The molecule has 1 saturated heterocycles. The summed E-state index contributed by atoms with van der Waals surface area (Å²) in [5, 5.41) is 11.5. The zero-order valence-electron chi connectivity index (χ0n) is 7.26. The average molecular weight is 171 g/mol. The van der Waals surface area contributed by atoms with E-state index in [1.807, 2.05) is 0 Å². The van der Waals surface area contributed by atoms with Gasteiger partial charge in [0.2, 0.25) is 5.91 Å². The van der Waals surface area contributed by atoms with E-state index < -0.39 is 11.4 Å². The molecule has 0 bridgehead atoms. The van der Waals surface area contributed by atoms with Gasteiger partial charge < -0.3 is 10.4 Å². The highest BCUT2D eigenvalue weighted by molar-refractivity contribution is 6.03. The van der Waals surface area contributed by atoms with Crippen LogP contribution >= 0.6 is 0 Å². The minimum absolute atomic E-state index is 0.155. The maximum atomic E-state index is 11.3. The van der Waals surface area contributed by atoms with Gasteiger partial charge in [-0.3, -0.25) is 9.59 Å². The number of rotatable bonds is 2. The minimum atomic E-state index is -1.18. The van der Waals surface area contributed by atoms with Crippen LogP contribution in [0, 0.1) is 11.3 Å². The monoisotopic (exact) mass is 171 g/mol. The molecule has 1 aliphatic rings. The second-order valence-electron chi connectivity index (χ2n) is 3.44. The molecule has 0 aromatic carbocycles. The van der Waals surface area contributed by atoms with Gasteiger partial charge in [-0.2, -0.15) is 0 Å². The van der Waals surface area contributed by atoms with Crippen LogP contribution in [-0.2, 0) is 9.59 Å². The summed E-state index contributed by atoms with van der Waals surface area (Å²) in [7, 11) is 0. The van der Waals surface area contributed by atoms with Crippen molar-refractivity contribution in [1.29, 1.82) is 0 Å². The summed E-state index contributed by atoms with van der Waals surface area (Å²) in [6, 6.07) is 0. The first-order valence-electron chi connectivity index (χ1n) is 4.03. The predicted octanol–water partition coefficient (Wildman–Crippen LogP) is 0.233. The molecule has 0 spiro atoms. The third-order valence-corrected chi connectivity index (χ3v) is 2.58. The molecule has 0 aliphatic carbocycles. The van der Waals surface area contributed by atoms with Crippen LogP contribution in [0.1, 0.15) is 20.3 Å². The van der Waals surface area contributed by atoms with Gasteiger partial charge in [0.15, 0.2) is 0 Å². The molecule has 1 atom stereocenters. The van der Waals surface area contributed by atoms with Gasteiger partial charge in [0, 0.05) is 6.54 Å². The van der Waals surface area contributed by atoms with Crippen LogP contribution in [0.3, 0.4) is 0 Å². The summed E-state index contributed by atoms with van der Waals surface area (Å²) in [6.45, 7) is 4.00. The molecule has 4 nitrogen and oxygen atoms in total. The van der Waals surface area contributed by atoms with E-state index in [4.69, 9.17) is 5.11 Å². The molecule has 0 unspecified atom stereocenters. The summed E-state index contributed by atoms with van der Waals surface area (Å²) in [5.74, 6) is -1.50. The number of carboxylic acids is 1. The number of nitrogens with one attached hydrogen (secondary N) is 1. The number of carboxylic acid groups (broad SMARTS) is 1. The molecular formula is C8H13NO3. The summed E-state index contributed by atoms with van der Waals surface area (Å²) >= 11 is 0. The lowest BCUT2D eigenvalue weighted by atomic mass is 9.76. The van der Waals surface area contributed by atoms with E-state index in [0.29, 0.717) is 13.0 Å². The summed E-state index contributed by atoms with van der Waals surface area (Å²) in [5.41, 5.74) is -1.18. The molecule has 1 fully saturated rings. The molecule has 4 heteroatoms. The summed E-state index contributed by atoms with van der Waals surface area (Å²) in [6.07, 6.45) is 0.402. The Hall–Kier alpha value is -1.06. The normalized spacial score (nSPS) is 29.1. The van der Waals surface area contributed by atoms with Crippen molar-refractivity contribution in [3.05, 3.63) is 0 Å². The van der Waals surface area contributed by atoms with E-state index in [-0.39, 0.29) is 11.8 Å². The van der Waals surface area contributed by atoms with Crippen molar-refractivity contribution in [3.8, 4) is 0 Å². The van der Waals surface area contributed by atoms with Crippen molar-refractivity contribution in [1.82, 2.24) is 5.32 Å². The highest BCUT2D eigenvalue weighted by atomic mass is 16.4. The maximum absolute atomic E-state index is 11.3. The van der Waals surface area contributed by atoms with E-state index in [1.165, 1.54) is 0 Å². The standard InChI is InChI=1S/C8H13NO3/c1-5(2)8(7(11)12)3-4-9-6(8)10/h5H,3-4H2,1-2H3,(H,9,10)(H,11,12)/t8-/m1/s1. The Balaban J connectivity index is 3.01. The van der Waals surface area contributed by atoms with Gasteiger partial charge in [-0.05, 0) is 12.3 Å². The smallest absolute Gasteiger partial charge is 0.319 e. The number of hydrogen-bond donors (Lipinski definition) is 2. The average Bonchev–Trinajstić information content (AvgIpc) is 2.31. The number of amides is 1. The molecule has 0 aromatic rings. The van der Waals surface area contributed by atoms with Crippen molar-refractivity contribution in [2.24, 2.45) is 11.3 Å². The lowest BCUT2D eigenvalue weighted by Crippen LogP contribution is -2.42. The fourth-order valence-corrected chi connectivity index (χ4v) is 1.65. The molecule has 0 radical (unpaired) electrons. The van der Waals surface area contributed by atoms with Crippen LogP contribution in [-0.4, -0.2) is 23.5 Å². The molecule has 1 amide bonds. The van der Waals surface area contributed by atoms with Crippen molar-refractivity contribution < 1.29 is 14.7 Å². The fraction of sp³-hybridized carbons (Fsp3) is 0.750. The van der Waals surface area contributed by atoms with E-state index in [2.05, 4.69) is 5.32 Å². The van der Waals surface area contributed by atoms with Crippen LogP contribution in [0.15, 0.2) is 0 Å². The van der Waals surface area contributed by atoms with Gasteiger partial charge in [0.1, 0.15) is 5.41 Å². The Bertz CT molecular complexity index is 224. The van der Waals surface area contributed by atoms with Crippen molar-refractivity contribution in [3.63, 3.8) is 0 Å². The first kappa shape index (κ1) is 9.03. The Morgan fingerprint density at radius 2 is 2.25 bits per heavy atom. The Morgan fingerprint density at radius 1 is 1.67 bits per heavy atom. The van der Waals surface area contributed by atoms with Gasteiger partial charge in [-0.25, -0.2) is 0 Å². The first-order valence-corrected chi connectivity index (χ1v) is 4.03. The quantitative estimate of drug-likeness (QED) is 0.584. The lowest BCUT2D eigenvalue weighted by Gasteiger charge is -2.24. The highest BCUT2D eigenvalue weighted by Gasteiger charge is 2.51. The third kappa shape index (κ3) is 0.983. The molecule has 0 aromatic heterocycles. The topological polar surface area (TPSA) is 66.4 Å². The number of aliphatic carboxylic acids is 1. The van der Waals surface area contributed by atoms with E-state index in [9.17, 15) is 9.59 Å². The predicted molar refractivity (Wildman–Crippen MR) is 42.5 cm³/mol. The van der Waals surface area contributed by atoms with Crippen LogP contribution in [0.5, 0.6) is 0 Å². The molecular weight excluding hydrogens is 158 g/mol. The summed E-state index contributed by atoms with van der Waals surface area (Å²) < 4.78 is 0. The van der Waals surface area contributed by atoms with Crippen LogP contribution in [0.4, 0.5) is 0 Å². The van der Waals surface area contributed by atoms with Gasteiger partial charge >= 0.3 is 5.97 Å². The summed E-state index contributed by atoms with van der Waals surface area (Å²) in [4.78, 5) is 22.2. The van der Waals surface area contributed by atoms with Crippen molar-refractivity contribution in [2.75, 3.05) is 6.54 Å². The van der Waals surface area contributed by atoms with Crippen LogP contribution in [0.2, 0.25) is 0 Å². The number of hydrogen-bond acceptors (Lipinski definition) is 2. The Morgan fingerprint density at radius 3 is 2.42 bits per heavy atom. The molecule has 0 saturated carbocycles. The van der Waals surface area contributed by atoms with Gasteiger partial charge in [0.25, 0.3) is 0 Å². The second kappa shape index (κ2) is 2.77. The molecule has 1 rings (SSSR count). The second-order valence-corrected chi connectivity index (χ2v) is 3.44. The van der Waals surface area contributed by atoms with E-state index >= 15 is 0 Å². The van der Waals surface area contributed by atoms with Crippen LogP contribution in [0.25, 0.3) is 0 Å². The van der Waals surface area contributed by atoms with Crippen molar-refractivity contribution in [2.45, 2.75) is 20.3 Å². The minimum Gasteiger partial charge on any atom is -0.480 e. The molecule has 2 N–H and O–H groups in total. The SMILES string of the molecule is CC(C)[C@]1(C(=O)O)CCNC1=O. The molecule has 1 aliphatic heterocycles. The third-order valence-electron chi connectivity index (χ3n) is 2.58. The first-order chi connectivity index (χ1) is 5.51. The Kier molecular flexibility index (Phi) is 2.08. The molecule has 1 heterocycles. The van der Waals surface area contributed by atoms with E-state index in [1.54, 1.807) is 13.8 Å². The zero-order valence-corrected chi connectivity index (χ0v) is 7.26. The molecule has 68 valence electrons. The number of carbonyl (C=O) groups excluding carboxylic acids is 1. The zero-order chi connectivity index (χ0) is 9.35. The Labute approximate surface area is 71.0 Å². The van der Waals surface area contributed by atoms with Gasteiger partial charge in [0.05, 0.1) is 0 Å². The lowest BCUT2D eigenvalue weighted by molar-refractivity contribution is -0.156. The van der Waals surface area contributed by atoms with Gasteiger partial charge in [-0.1, -0.05) is 13.8 Å². The highest BCUT2D eigenvalue weighted by Crippen LogP contribution is 2.35. The van der Waals surface area contributed by atoms with E-state index in [0.717, 1.165) is 0 Å². The molecule has 12 heavy (non-hydrogen) atoms. The van der Waals surface area contributed by atoms with Gasteiger partial charge in [-0.15, -0.1) is 0 Å². The fourth-order valence-electron chi connectivity index (χ4n) is 1.65.